The molecule has 4 rings (SSSR count). The topological polar surface area (TPSA) is 36.4 Å². The molecule has 2 aromatic rings. The van der Waals surface area contributed by atoms with Crippen LogP contribution in [0.2, 0.25) is 0 Å². The summed E-state index contributed by atoms with van der Waals surface area (Å²) in [5.74, 6) is -0.268. The SMILES string of the molecule is Fc1cccc(F)c1CNC1=Nc2ccccc2NC12CCCCCC2. The predicted octanol–water partition coefficient (Wildman–Crippen LogP) is 5.30. The fourth-order valence-corrected chi connectivity index (χ4v) is 4.00. The van der Waals surface area contributed by atoms with Crippen molar-refractivity contribution in [2.24, 2.45) is 4.99 Å². The summed E-state index contributed by atoms with van der Waals surface area (Å²) >= 11 is 0. The fraction of sp³-hybridized carbons (Fsp3) is 0.381. The van der Waals surface area contributed by atoms with Crippen molar-refractivity contribution in [1.82, 2.24) is 5.32 Å². The van der Waals surface area contributed by atoms with Gasteiger partial charge >= 0.3 is 0 Å². The zero-order valence-corrected chi connectivity index (χ0v) is 14.7. The summed E-state index contributed by atoms with van der Waals surface area (Å²) in [4.78, 5) is 4.84. The van der Waals surface area contributed by atoms with Gasteiger partial charge in [-0.2, -0.15) is 0 Å². The third-order valence-electron chi connectivity index (χ3n) is 5.41. The van der Waals surface area contributed by atoms with E-state index in [1.54, 1.807) is 0 Å². The summed E-state index contributed by atoms with van der Waals surface area (Å²) in [5.41, 5.74) is 1.65. The first kappa shape index (κ1) is 17.0. The van der Waals surface area contributed by atoms with E-state index in [-0.39, 0.29) is 17.6 Å². The Kier molecular flexibility index (Phi) is 4.62. The smallest absolute Gasteiger partial charge is 0.131 e. The van der Waals surface area contributed by atoms with Crippen LogP contribution in [0.15, 0.2) is 47.5 Å². The van der Waals surface area contributed by atoms with Gasteiger partial charge in [-0.1, -0.05) is 43.9 Å². The van der Waals surface area contributed by atoms with E-state index in [1.165, 1.54) is 31.0 Å². The first-order valence-corrected chi connectivity index (χ1v) is 9.31. The minimum Gasteiger partial charge on any atom is -0.371 e. The average molecular weight is 355 g/mol. The second-order valence-corrected chi connectivity index (χ2v) is 7.15. The van der Waals surface area contributed by atoms with Crippen LogP contribution in [-0.2, 0) is 6.54 Å². The molecule has 1 saturated carbocycles. The maximum Gasteiger partial charge on any atom is 0.131 e. The first-order valence-electron chi connectivity index (χ1n) is 9.31. The van der Waals surface area contributed by atoms with Gasteiger partial charge < -0.3 is 10.6 Å². The van der Waals surface area contributed by atoms with Crippen molar-refractivity contribution in [2.45, 2.75) is 50.6 Å². The lowest BCUT2D eigenvalue weighted by atomic mass is 9.86. The number of para-hydroxylation sites is 2. The van der Waals surface area contributed by atoms with E-state index < -0.39 is 11.6 Å². The van der Waals surface area contributed by atoms with Crippen molar-refractivity contribution < 1.29 is 8.78 Å². The molecular weight excluding hydrogens is 332 g/mol. The number of nitrogens with one attached hydrogen (secondary N) is 2. The van der Waals surface area contributed by atoms with Gasteiger partial charge in [-0.05, 0) is 37.1 Å². The highest BCUT2D eigenvalue weighted by Gasteiger charge is 2.39. The van der Waals surface area contributed by atoms with Gasteiger partial charge in [-0.15, -0.1) is 0 Å². The maximum atomic E-state index is 14.0. The number of nitrogens with zero attached hydrogens (tertiary/aromatic N) is 1. The molecule has 1 heterocycles. The molecule has 2 aromatic carbocycles. The highest BCUT2D eigenvalue weighted by Crippen LogP contribution is 2.39. The molecule has 1 spiro atoms. The van der Waals surface area contributed by atoms with Crippen molar-refractivity contribution in [3.63, 3.8) is 0 Å². The van der Waals surface area contributed by atoms with Crippen LogP contribution in [0.25, 0.3) is 0 Å². The number of anilines is 1. The number of fused-ring (bicyclic) bond motifs is 1. The van der Waals surface area contributed by atoms with Crippen LogP contribution in [0, 0.1) is 11.6 Å². The van der Waals surface area contributed by atoms with Gasteiger partial charge in [0.25, 0.3) is 0 Å². The van der Waals surface area contributed by atoms with Crippen LogP contribution in [0.1, 0.15) is 44.1 Å². The summed E-state index contributed by atoms with van der Waals surface area (Å²) in [6.45, 7) is 0.0862. The van der Waals surface area contributed by atoms with Crippen molar-refractivity contribution in [2.75, 3.05) is 5.32 Å². The molecule has 136 valence electrons. The fourth-order valence-electron chi connectivity index (χ4n) is 4.00. The van der Waals surface area contributed by atoms with Gasteiger partial charge in [0, 0.05) is 12.1 Å². The number of benzene rings is 2. The molecule has 5 heteroatoms. The van der Waals surface area contributed by atoms with Crippen LogP contribution in [0.3, 0.4) is 0 Å². The van der Waals surface area contributed by atoms with Crippen LogP contribution in [0.4, 0.5) is 20.2 Å². The third-order valence-corrected chi connectivity index (χ3v) is 5.41. The van der Waals surface area contributed by atoms with E-state index in [9.17, 15) is 8.78 Å². The van der Waals surface area contributed by atoms with Gasteiger partial charge in [-0.3, -0.25) is 0 Å². The van der Waals surface area contributed by atoms with E-state index >= 15 is 0 Å². The van der Waals surface area contributed by atoms with Crippen LogP contribution in [-0.4, -0.2) is 11.4 Å². The monoisotopic (exact) mass is 355 g/mol. The molecule has 0 amide bonds. The number of hydrogen-bond acceptors (Lipinski definition) is 3. The van der Waals surface area contributed by atoms with E-state index in [4.69, 9.17) is 4.99 Å². The van der Waals surface area contributed by atoms with Crippen molar-refractivity contribution >= 4 is 17.2 Å². The Labute approximate surface area is 152 Å². The Morgan fingerprint density at radius 1 is 0.923 bits per heavy atom. The van der Waals surface area contributed by atoms with Crippen molar-refractivity contribution in [1.29, 1.82) is 0 Å². The minimum absolute atomic E-state index is 0.0535. The van der Waals surface area contributed by atoms with E-state index in [2.05, 4.69) is 10.6 Å². The summed E-state index contributed by atoms with van der Waals surface area (Å²) in [6, 6.07) is 11.9. The highest BCUT2D eigenvalue weighted by atomic mass is 19.1. The molecule has 26 heavy (non-hydrogen) atoms. The summed E-state index contributed by atoms with van der Waals surface area (Å²) in [6.07, 6.45) is 6.58. The molecule has 1 fully saturated rings. The summed E-state index contributed by atoms with van der Waals surface area (Å²) in [5, 5.41) is 6.94. The van der Waals surface area contributed by atoms with Crippen LogP contribution < -0.4 is 10.6 Å². The lowest BCUT2D eigenvalue weighted by molar-refractivity contribution is 0.504. The molecule has 0 unspecified atom stereocenters. The number of rotatable bonds is 2. The Balaban J connectivity index is 1.67. The molecule has 0 atom stereocenters. The van der Waals surface area contributed by atoms with Gasteiger partial charge in [0.2, 0.25) is 0 Å². The Hall–Kier alpha value is -2.43. The number of halogens is 2. The minimum atomic E-state index is -0.530. The molecule has 1 aliphatic heterocycles. The van der Waals surface area contributed by atoms with Gasteiger partial charge in [0.05, 0.1) is 16.9 Å². The Morgan fingerprint density at radius 3 is 2.35 bits per heavy atom. The standard InChI is InChI=1S/C21H23F2N3/c22-16-8-7-9-17(23)15(16)14-24-20-21(12-5-1-2-6-13-21)26-19-11-4-3-10-18(19)25-20/h3-4,7-11,26H,1-2,5-6,12-14H2,(H,24,25). The zero-order valence-electron chi connectivity index (χ0n) is 14.7. The maximum absolute atomic E-state index is 14.0. The molecule has 2 aliphatic rings. The Bertz CT molecular complexity index is 804. The lowest BCUT2D eigenvalue weighted by Crippen LogP contribution is -2.53. The third kappa shape index (κ3) is 3.18. The van der Waals surface area contributed by atoms with Gasteiger partial charge in [0.15, 0.2) is 0 Å². The van der Waals surface area contributed by atoms with E-state index in [0.29, 0.717) is 0 Å². The molecule has 2 N–H and O–H groups in total. The normalized spacial score (nSPS) is 18.5. The van der Waals surface area contributed by atoms with Crippen LogP contribution >= 0.6 is 0 Å². The van der Waals surface area contributed by atoms with E-state index in [0.717, 1.165) is 42.9 Å². The van der Waals surface area contributed by atoms with Crippen LogP contribution in [0.5, 0.6) is 0 Å². The summed E-state index contributed by atoms with van der Waals surface area (Å²) < 4.78 is 28.0. The molecule has 0 radical (unpaired) electrons. The molecular formula is C21H23F2N3. The van der Waals surface area contributed by atoms with E-state index in [1.807, 2.05) is 24.3 Å². The zero-order chi connectivity index (χ0) is 18.0. The second kappa shape index (κ2) is 7.06. The average Bonchev–Trinajstić information content (AvgIpc) is 2.88. The molecule has 0 bridgehead atoms. The molecule has 1 aliphatic carbocycles. The van der Waals surface area contributed by atoms with Gasteiger partial charge in [0.1, 0.15) is 17.5 Å². The summed E-state index contributed by atoms with van der Waals surface area (Å²) in [7, 11) is 0. The largest absolute Gasteiger partial charge is 0.371 e. The lowest BCUT2D eigenvalue weighted by Gasteiger charge is -2.40. The molecule has 0 saturated heterocycles. The first-order chi connectivity index (χ1) is 12.7. The second-order valence-electron chi connectivity index (χ2n) is 7.15. The highest BCUT2D eigenvalue weighted by molar-refractivity contribution is 6.00. The van der Waals surface area contributed by atoms with Crippen molar-refractivity contribution in [3.05, 3.63) is 59.7 Å². The quantitative estimate of drug-likeness (QED) is 0.766. The van der Waals surface area contributed by atoms with Crippen molar-refractivity contribution in [3.8, 4) is 0 Å². The van der Waals surface area contributed by atoms with Gasteiger partial charge in [-0.25, -0.2) is 13.8 Å². The molecule has 3 nitrogen and oxygen atoms in total. The predicted molar refractivity (Wildman–Crippen MR) is 101 cm³/mol. The Morgan fingerprint density at radius 2 is 1.62 bits per heavy atom. The number of amidine groups is 1. The number of hydrogen-bond donors (Lipinski definition) is 2. The molecule has 0 aromatic heterocycles. The number of aliphatic imine (C=N–C) groups is 1.